The molecule has 3 nitrogen and oxygen atoms in total. The van der Waals surface area contributed by atoms with Crippen LogP contribution >= 0.6 is 0 Å². The number of alkyl halides is 7. The number of aliphatic imine (C=N–C) groups is 1. The number of benzene rings is 1. The highest BCUT2D eigenvalue weighted by atomic mass is 19.4. The van der Waals surface area contributed by atoms with Crippen LogP contribution in [0.1, 0.15) is 12.8 Å². The summed E-state index contributed by atoms with van der Waals surface area (Å²) in [6.07, 6.45) is -7.83. The van der Waals surface area contributed by atoms with Crippen molar-refractivity contribution in [3.63, 3.8) is 0 Å². The molecule has 1 saturated carbocycles. The van der Waals surface area contributed by atoms with Crippen LogP contribution in [0.2, 0.25) is 0 Å². The van der Waals surface area contributed by atoms with E-state index in [9.17, 15) is 49.4 Å². The van der Waals surface area contributed by atoms with E-state index in [1.54, 1.807) is 0 Å². The lowest BCUT2D eigenvalue weighted by Gasteiger charge is -2.28. The van der Waals surface area contributed by atoms with Gasteiger partial charge in [0.2, 0.25) is 0 Å². The van der Waals surface area contributed by atoms with Crippen LogP contribution in [0.4, 0.5) is 45.2 Å². The van der Waals surface area contributed by atoms with Crippen LogP contribution in [0, 0.1) is 11.6 Å². The van der Waals surface area contributed by atoms with Crippen LogP contribution in [0.25, 0.3) is 0 Å². The van der Waals surface area contributed by atoms with E-state index in [4.69, 9.17) is 0 Å². The lowest BCUT2D eigenvalue weighted by atomic mass is 10.0. The maximum Gasteiger partial charge on any atom is 0.460 e. The van der Waals surface area contributed by atoms with Crippen molar-refractivity contribution in [1.82, 2.24) is 0 Å². The largest absolute Gasteiger partial charge is 0.506 e. The van der Waals surface area contributed by atoms with Gasteiger partial charge in [-0.2, -0.15) is 30.7 Å². The van der Waals surface area contributed by atoms with E-state index in [-0.39, 0.29) is 0 Å². The molecule has 0 radical (unpaired) electrons. The van der Waals surface area contributed by atoms with Gasteiger partial charge in [-0.1, -0.05) is 0 Å². The number of ketones is 1. The Hall–Kier alpha value is -2.53. The van der Waals surface area contributed by atoms with Crippen LogP contribution in [-0.2, 0) is 4.79 Å². The van der Waals surface area contributed by atoms with E-state index in [2.05, 4.69) is 4.99 Å². The van der Waals surface area contributed by atoms with Gasteiger partial charge in [0.1, 0.15) is 0 Å². The van der Waals surface area contributed by atoms with Crippen LogP contribution in [0.15, 0.2) is 34.5 Å². The summed E-state index contributed by atoms with van der Waals surface area (Å²) in [6, 6.07) is 1.90. The Balaban J connectivity index is 2.59. The summed E-state index contributed by atoms with van der Waals surface area (Å²) in [6.45, 7) is 0. The first-order valence-corrected chi connectivity index (χ1v) is 7.02. The molecule has 1 aliphatic carbocycles. The molecule has 12 heteroatoms. The molecule has 0 aliphatic heterocycles. The van der Waals surface area contributed by atoms with Crippen LogP contribution < -0.4 is 0 Å². The molecule has 2 rings (SSSR count). The topological polar surface area (TPSA) is 49.7 Å². The summed E-state index contributed by atoms with van der Waals surface area (Å²) in [4.78, 5) is 15.2. The van der Waals surface area contributed by atoms with E-state index >= 15 is 0 Å². The molecule has 0 spiro atoms. The standard InChI is InChI=1S/C15H8F9NO2/c16-7-2-1-6(5-8(7)17)25-9-3-4-10(26)11(9)12(27)13(18,19)14(20,21)15(22,23)24/h1-2,5,27H,3-4H2/b12-11+,25-9?. The minimum Gasteiger partial charge on any atom is -0.506 e. The van der Waals surface area contributed by atoms with E-state index in [1.165, 1.54) is 0 Å². The van der Waals surface area contributed by atoms with Gasteiger partial charge in [-0.3, -0.25) is 9.79 Å². The zero-order valence-corrected chi connectivity index (χ0v) is 12.9. The van der Waals surface area contributed by atoms with Crippen molar-refractivity contribution < 1.29 is 49.4 Å². The molecule has 148 valence electrons. The van der Waals surface area contributed by atoms with Gasteiger partial charge >= 0.3 is 18.0 Å². The van der Waals surface area contributed by atoms with Crippen LogP contribution in [0.5, 0.6) is 0 Å². The van der Waals surface area contributed by atoms with Crippen LogP contribution in [-0.4, -0.2) is 34.6 Å². The summed E-state index contributed by atoms with van der Waals surface area (Å²) >= 11 is 0. The lowest BCUT2D eigenvalue weighted by Crippen LogP contribution is -2.53. The highest BCUT2D eigenvalue weighted by Gasteiger charge is 2.75. The predicted molar refractivity (Wildman–Crippen MR) is 73.3 cm³/mol. The van der Waals surface area contributed by atoms with Crippen molar-refractivity contribution in [2.45, 2.75) is 30.9 Å². The molecule has 27 heavy (non-hydrogen) atoms. The molecule has 0 aromatic heterocycles. The average Bonchev–Trinajstić information content (AvgIpc) is 2.89. The molecule has 1 aromatic rings. The normalized spacial score (nSPS) is 19.7. The van der Waals surface area contributed by atoms with Gasteiger partial charge in [0.05, 0.1) is 17.0 Å². The smallest absolute Gasteiger partial charge is 0.460 e. The molecule has 0 amide bonds. The highest BCUT2D eigenvalue weighted by Crippen LogP contribution is 2.50. The number of carbonyl (C=O) groups excluding carboxylic acids is 1. The Morgan fingerprint density at radius 1 is 0.963 bits per heavy atom. The number of aliphatic hydroxyl groups is 1. The van der Waals surface area contributed by atoms with Gasteiger partial charge in [0, 0.05) is 12.5 Å². The SMILES string of the molecule is O=C1CCC(=Nc2ccc(F)c(F)c2)/C1=C(\O)C(F)(F)C(F)(F)C(F)(F)F. The van der Waals surface area contributed by atoms with Crippen molar-refractivity contribution in [2.75, 3.05) is 0 Å². The third-order valence-corrected chi connectivity index (χ3v) is 3.61. The van der Waals surface area contributed by atoms with Gasteiger partial charge in [0.25, 0.3) is 0 Å². The van der Waals surface area contributed by atoms with E-state index in [0.29, 0.717) is 12.1 Å². The third-order valence-electron chi connectivity index (χ3n) is 3.61. The van der Waals surface area contributed by atoms with Crippen molar-refractivity contribution in [1.29, 1.82) is 0 Å². The van der Waals surface area contributed by atoms with Gasteiger partial charge < -0.3 is 5.11 Å². The van der Waals surface area contributed by atoms with Crippen molar-refractivity contribution in [2.24, 2.45) is 4.99 Å². The van der Waals surface area contributed by atoms with Crippen molar-refractivity contribution in [3.05, 3.63) is 41.2 Å². The maximum atomic E-state index is 13.7. The van der Waals surface area contributed by atoms with E-state index in [0.717, 1.165) is 6.07 Å². The predicted octanol–water partition coefficient (Wildman–Crippen LogP) is 5.05. The number of halogens is 9. The molecule has 0 saturated heterocycles. The quantitative estimate of drug-likeness (QED) is 0.435. The van der Waals surface area contributed by atoms with Gasteiger partial charge in [-0.05, 0) is 18.6 Å². The first-order valence-electron chi connectivity index (χ1n) is 7.02. The second-order valence-electron chi connectivity index (χ2n) is 5.45. The number of rotatable bonds is 3. The Bertz CT molecular complexity index is 840. The van der Waals surface area contributed by atoms with E-state index in [1.807, 2.05) is 0 Å². The zero-order chi connectivity index (χ0) is 20.8. The van der Waals surface area contributed by atoms with Crippen LogP contribution in [0.3, 0.4) is 0 Å². The summed E-state index contributed by atoms with van der Waals surface area (Å²) in [7, 11) is 0. The number of hydrogen-bond acceptors (Lipinski definition) is 3. The fourth-order valence-electron chi connectivity index (χ4n) is 2.22. The monoisotopic (exact) mass is 405 g/mol. The Morgan fingerprint density at radius 2 is 1.56 bits per heavy atom. The minimum absolute atomic E-state index is 0.435. The number of nitrogens with zero attached hydrogens (tertiary/aromatic N) is 1. The molecular weight excluding hydrogens is 397 g/mol. The molecule has 1 aliphatic rings. The molecule has 0 heterocycles. The third kappa shape index (κ3) is 3.52. The molecule has 1 fully saturated rings. The maximum absolute atomic E-state index is 13.7. The number of hydrogen-bond donors (Lipinski definition) is 1. The van der Waals surface area contributed by atoms with E-state index < -0.39 is 71.0 Å². The number of allylic oxidation sites excluding steroid dienone is 2. The molecule has 0 bridgehead atoms. The first-order chi connectivity index (χ1) is 12.2. The fraction of sp³-hybridized carbons (Fsp3) is 0.333. The van der Waals surface area contributed by atoms with Crippen molar-refractivity contribution in [3.8, 4) is 0 Å². The van der Waals surface area contributed by atoms with Gasteiger partial charge in [-0.15, -0.1) is 0 Å². The zero-order valence-electron chi connectivity index (χ0n) is 12.9. The summed E-state index contributed by atoms with van der Waals surface area (Å²) in [5.41, 5.74) is -2.72. The minimum atomic E-state index is -6.72. The number of aliphatic hydroxyl groups excluding tert-OH is 1. The first kappa shape index (κ1) is 20.8. The lowest BCUT2D eigenvalue weighted by molar-refractivity contribution is -0.349. The molecule has 1 N–H and O–H groups in total. The van der Waals surface area contributed by atoms with Gasteiger partial charge in [0.15, 0.2) is 23.2 Å². The number of Topliss-reactive ketones (excluding diaryl/α,β-unsaturated/α-hetero) is 1. The Labute approximate surface area is 144 Å². The second-order valence-corrected chi connectivity index (χ2v) is 5.45. The Kier molecular flexibility index (Phi) is 5.06. The molecule has 1 aromatic carbocycles. The molecule has 0 atom stereocenters. The average molecular weight is 405 g/mol. The second kappa shape index (κ2) is 6.57. The summed E-state index contributed by atoms with van der Waals surface area (Å²) < 4.78 is 116. The fourth-order valence-corrected chi connectivity index (χ4v) is 2.22. The Morgan fingerprint density at radius 3 is 2.07 bits per heavy atom. The molecular formula is C15H8F9NO2. The molecule has 0 unspecified atom stereocenters. The van der Waals surface area contributed by atoms with Crippen molar-refractivity contribution >= 4 is 17.2 Å². The highest BCUT2D eigenvalue weighted by molar-refractivity contribution is 6.28. The number of carbonyl (C=O) groups is 1. The summed E-state index contributed by atoms with van der Waals surface area (Å²) in [5.74, 6) is -19.7. The van der Waals surface area contributed by atoms with Gasteiger partial charge in [-0.25, -0.2) is 8.78 Å². The summed E-state index contributed by atoms with van der Waals surface area (Å²) in [5, 5.41) is 9.41.